The lowest BCUT2D eigenvalue weighted by Crippen LogP contribution is -2.45. The largest absolute Gasteiger partial charge is 0.481 e. The lowest BCUT2D eigenvalue weighted by molar-refractivity contribution is -0.142. The molecule has 0 heterocycles. The number of hydrogen-bond donors (Lipinski definition) is 3. The maximum absolute atomic E-state index is 12.8. The highest BCUT2D eigenvalue weighted by Gasteiger charge is 2.36. The van der Waals surface area contributed by atoms with Crippen LogP contribution in [0.5, 0.6) is 0 Å². The van der Waals surface area contributed by atoms with Gasteiger partial charge in [-0.1, -0.05) is 67.8 Å². The summed E-state index contributed by atoms with van der Waals surface area (Å²) in [5.41, 5.74) is 4.65. The first kappa shape index (κ1) is 23.4. The number of carbonyl (C=O) groups excluding carboxylic acids is 2. The number of aliphatic carboxylic acids is 1. The Labute approximate surface area is 205 Å². The van der Waals surface area contributed by atoms with Crippen LogP contribution in [0.3, 0.4) is 0 Å². The molecule has 3 aliphatic rings. The van der Waals surface area contributed by atoms with E-state index >= 15 is 0 Å². The van der Waals surface area contributed by atoms with Crippen LogP contribution in [0, 0.1) is 17.8 Å². The van der Waals surface area contributed by atoms with E-state index in [1.165, 1.54) is 11.1 Å². The van der Waals surface area contributed by atoms with E-state index in [1.807, 2.05) is 24.3 Å². The summed E-state index contributed by atoms with van der Waals surface area (Å²) in [6.45, 7) is 0.365. The minimum Gasteiger partial charge on any atom is -0.481 e. The number of hydrogen-bond acceptors (Lipinski definition) is 4. The molecule has 2 fully saturated rings. The fourth-order valence-electron chi connectivity index (χ4n) is 5.62. The van der Waals surface area contributed by atoms with Crippen molar-refractivity contribution in [3.8, 4) is 11.1 Å². The summed E-state index contributed by atoms with van der Waals surface area (Å²) >= 11 is 0. The number of amides is 2. The molecule has 0 bridgehead atoms. The SMILES string of the molecule is O=C(NC1CCCC1C(=O)NCC(CC1CC1)C(=O)O)OCC1c2ccccc2-c2ccccc21. The molecule has 3 unspecified atom stereocenters. The molecule has 0 radical (unpaired) electrons. The number of rotatable bonds is 9. The van der Waals surface area contributed by atoms with Gasteiger partial charge in [0.05, 0.1) is 11.8 Å². The van der Waals surface area contributed by atoms with E-state index in [2.05, 4.69) is 34.9 Å². The van der Waals surface area contributed by atoms with Gasteiger partial charge in [-0.05, 0) is 47.4 Å². The molecule has 3 N–H and O–H groups in total. The smallest absolute Gasteiger partial charge is 0.407 e. The van der Waals surface area contributed by atoms with Crippen molar-refractivity contribution in [3.63, 3.8) is 0 Å². The Morgan fingerprint density at radius 3 is 2.23 bits per heavy atom. The van der Waals surface area contributed by atoms with E-state index in [1.54, 1.807) is 0 Å². The van der Waals surface area contributed by atoms with Crippen LogP contribution in [0.4, 0.5) is 4.79 Å². The summed E-state index contributed by atoms with van der Waals surface area (Å²) in [6, 6.07) is 16.1. The number of nitrogens with one attached hydrogen (secondary N) is 2. The third-order valence-electron chi connectivity index (χ3n) is 7.69. The molecule has 7 heteroatoms. The van der Waals surface area contributed by atoms with E-state index in [4.69, 9.17) is 4.74 Å². The molecule has 0 aromatic heterocycles. The van der Waals surface area contributed by atoms with Crippen LogP contribution in [0.2, 0.25) is 0 Å². The number of carboxylic acid groups (broad SMARTS) is 1. The van der Waals surface area contributed by atoms with Crippen LogP contribution < -0.4 is 10.6 Å². The predicted octanol–water partition coefficient (Wildman–Crippen LogP) is 4.31. The average Bonchev–Trinajstić information content (AvgIpc) is 3.47. The molecular weight excluding hydrogens is 444 g/mol. The van der Waals surface area contributed by atoms with Gasteiger partial charge in [-0.15, -0.1) is 0 Å². The first-order valence-corrected chi connectivity index (χ1v) is 12.6. The minimum absolute atomic E-state index is 0.0183. The van der Waals surface area contributed by atoms with E-state index in [-0.39, 0.29) is 36.9 Å². The summed E-state index contributed by atoms with van der Waals surface area (Å²) in [6.07, 6.45) is 4.44. The van der Waals surface area contributed by atoms with Gasteiger partial charge in [0.15, 0.2) is 0 Å². The van der Waals surface area contributed by atoms with Gasteiger partial charge >= 0.3 is 12.1 Å². The Kier molecular flexibility index (Phi) is 6.75. The summed E-state index contributed by atoms with van der Waals surface area (Å²) in [4.78, 5) is 37.0. The second kappa shape index (κ2) is 10.1. The molecule has 7 nitrogen and oxygen atoms in total. The highest BCUT2D eigenvalue weighted by molar-refractivity contribution is 5.82. The summed E-state index contributed by atoms with van der Waals surface area (Å²) in [5.74, 6) is -1.52. The zero-order valence-electron chi connectivity index (χ0n) is 19.7. The number of fused-ring (bicyclic) bond motifs is 3. The van der Waals surface area contributed by atoms with Crippen molar-refractivity contribution >= 4 is 18.0 Å². The van der Waals surface area contributed by atoms with Crippen molar-refractivity contribution in [3.05, 3.63) is 59.7 Å². The van der Waals surface area contributed by atoms with Crippen LogP contribution in [-0.2, 0) is 14.3 Å². The van der Waals surface area contributed by atoms with Gasteiger partial charge in [0.2, 0.25) is 5.91 Å². The van der Waals surface area contributed by atoms with Crippen LogP contribution in [0.15, 0.2) is 48.5 Å². The third kappa shape index (κ3) is 5.19. The zero-order valence-corrected chi connectivity index (χ0v) is 19.7. The quantitative estimate of drug-likeness (QED) is 0.500. The van der Waals surface area contributed by atoms with E-state index in [0.717, 1.165) is 30.4 Å². The Balaban J connectivity index is 1.15. The lowest BCUT2D eigenvalue weighted by atomic mass is 9.98. The molecule has 2 saturated carbocycles. The molecule has 0 spiro atoms. The Bertz CT molecular complexity index is 1070. The number of benzene rings is 2. The number of ether oxygens (including phenoxy) is 1. The van der Waals surface area contributed by atoms with Gasteiger partial charge in [0.1, 0.15) is 6.61 Å². The molecule has 3 atom stereocenters. The molecule has 5 rings (SSSR count). The van der Waals surface area contributed by atoms with E-state index in [9.17, 15) is 19.5 Å². The fourth-order valence-corrected chi connectivity index (χ4v) is 5.62. The summed E-state index contributed by atoms with van der Waals surface area (Å²) in [5, 5.41) is 15.2. The summed E-state index contributed by atoms with van der Waals surface area (Å²) < 4.78 is 5.65. The normalized spacial score (nSPS) is 21.6. The third-order valence-corrected chi connectivity index (χ3v) is 7.69. The van der Waals surface area contributed by atoms with Crippen molar-refractivity contribution in [2.75, 3.05) is 13.2 Å². The first-order valence-electron chi connectivity index (χ1n) is 12.6. The second-order valence-corrected chi connectivity index (χ2v) is 10.1. The first-order chi connectivity index (χ1) is 17.0. The van der Waals surface area contributed by atoms with Gasteiger partial charge in [0.25, 0.3) is 0 Å². The molecule has 2 aromatic carbocycles. The molecule has 0 saturated heterocycles. The van der Waals surface area contributed by atoms with Gasteiger partial charge in [0, 0.05) is 18.5 Å². The fraction of sp³-hybridized carbons (Fsp3) is 0.464. The molecule has 2 aromatic rings. The van der Waals surface area contributed by atoms with E-state index < -0.39 is 18.0 Å². The van der Waals surface area contributed by atoms with Crippen molar-refractivity contribution < 1.29 is 24.2 Å². The Morgan fingerprint density at radius 1 is 0.943 bits per heavy atom. The van der Waals surface area contributed by atoms with Crippen molar-refractivity contribution in [2.24, 2.45) is 17.8 Å². The Morgan fingerprint density at radius 2 is 1.60 bits per heavy atom. The maximum Gasteiger partial charge on any atom is 0.407 e. The van der Waals surface area contributed by atoms with Crippen LogP contribution in [0.1, 0.15) is 55.6 Å². The predicted molar refractivity (Wildman–Crippen MR) is 131 cm³/mol. The minimum atomic E-state index is -0.864. The molecule has 2 amide bonds. The topological polar surface area (TPSA) is 105 Å². The van der Waals surface area contributed by atoms with Gasteiger partial charge in [-0.2, -0.15) is 0 Å². The molecule has 184 valence electrons. The van der Waals surface area contributed by atoms with Crippen LogP contribution >= 0.6 is 0 Å². The molecule has 3 aliphatic carbocycles. The monoisotopic (exact) mass is 476 g/mol. The Hall–Kier alpha value is -3.35. The molecule has 35 heavy (non-hydrogen) atoms. The maximum atomic E-state index is 12.8. The van der Waals surface area contributed by atoms with Crippen LogP contribution in [-0.4, -0.2) is 42.3 Å². The number of alkyl carbamates (subject to hydrolysis) is 1. The van der Waals surface area contributed by atoms with Gasteiger partial charge in [-0.3, -0.25) is 9.59 Å². The average molecular weight is 477 g/mol. The van der Waals surface area contributed by atoms with Crippen molar-refractivity contribution in [1.29, 1.82) is 0 Å². The zero-order chi connectivity index (χ0) is 24.4. The van der Waals surface area contributed by atoms with Crippen molar-refractivity contribution in [1.82, 2.24) is 10.6 Å². The highest BCUT2D eigenvalue weighted by Crippen LogP contribution is 2.44. The van der Waals surface area contributed by atoms with Gasteiger partial charge in [-0.25, -0.2) is 4.79 Å². The number of carboxylic acids is 1. The summed E-state index contributed by atoms with van der Waals surface area (Å²) in [7, 11) is 0. The lowest BCUT2D eigenvalue weighted by Gasteiger charge is -2.22. The van der Waals surface area contributed by atoms with Crippen LogP contribution in [0.25, 0.3) is 11.1 Å². The van der Waals surface area contributed by atoms with Gasteiger partial charge < -0.3 is 20.5 Å². The highest BCUT2D eigenvalue weighted by atomic mass is 16.5. The molecule has 0 aliphatic heterocycles. The number of carbonyl (C=O) groups is 3. The molecular formula is C28H32N2O5. The standard InChI is InChI=1S/C28H32N2O5/c31-26(29-15-18(27(32)33)14-17-12-13-17)23-10-5-11-25(23)30-28(34)35-16-24-21-8-3-1-6-19(21)20-7-2-4-9-22(20)24/h1-4,6-9,17-18,23-25H,5,10-16H2,(H,29,31)(H,30,34)(H,32,33). The second-order valence-electron chi connectivity index (χ2n) is 10.1. The van der Waals surface area contributed by atoms with E-state index in [0.29, 0.717) is 25.2 Å². The van der Waals surface area contributed by atoms with Crippen molar-refractivity contribution in [2.45, 2.75) is 50.5 Å².